The van der Waals surface area contributed by atoms with Crippen LogP contribution >= 0.6 is 0 Å². The molecule has 0 aliphatic heterocycles. The third-order valence-corrected chi connectivity index (χ3v) is 1.97. The molecule has 2 heteroatoms. The molecule has 0 amide bonds. The first-order valence-electron chi connectivity index (χ1n) is 4.92. The van der Waals surface area contributed by atoms with Gasteiger partial charge in [0.05, 0.1) is 7.11 Å². The molecule has 0 aliphatic carbocycles. The van der Waals surface area contributed by atoms with Gasteiger partial charge in [-0.25, -0.2) is 0 Å². The molecule has 0 spiro atoms. The van der Waals surface area contributed by atoms with Crippen LogP contribution in [-0.4, -0.2) is 20.3 Å². The molecule has 1 rings (SSSR count). The highest BCUT2D eigenvalue weighted by Gasteiger charge is 2.00. The summed E-state index contributed by atoms with van der Waals surface area (Å²) in [5.41, 5.74) is 1.13. The summed E-state index contributed by atoms with van der Waals surface area (Å²) in [7, 11) is 1.69. The normalized spacial score (nSPS) is 10.1. The summed E-state index contributed by atoms with van der Waals surface area (Å²) in [5, 5.41) is 0. The average Bonchev–Trinajstić information content (AvgIpc) is 2.25. The van der Waals surface area contributed by atoms with Gasteiger partial charge in [0.15, 0.2) is 0 Å². The Bertz CT molecular complexity index is 258. The van der Waals surface area contributed by atoms with Gasteiger partial charge in [-0.3, -0.25) is 0 Å². The van der Waals surface area contributed by atoms with E-state index in [0.29, 0.717) is 0 Å². The summed E-state index contributed by atoms with van der Waals surface area (Å²) < 4.78 is 10.5. The van der Waals surface area contributed by atoms with E-state index in [-0.39, 0.29) is 0 Å². The van der Waals surface area contributed by atoms with Crippen LogP contribution in [0.4, 0.5) is 0 Å². The fourth-order valence-corrected chi connectivity index (χ4v) is 1.28. The predicted octanol–water partition coefficient (Wildman–Crippen LogP) is 2.67. The Morgan fingerprint density at radius 3 is 2.79 bits per heavy atom. The topological polar surface area (TPSA) is 18.5 Å². The number of rotatable bonds is 6. The van der Waals surface area contributed by atoms with Gasteiger partial charge in [0.2, 0.25) is 0 Å². The number of methoxy groups -OCH3 is 1. The first-order chi connectivity index (χ1) is 6.88. The van der Waals surface area contributed by atoms with Crippen molar-refractivity contribution in [1.82, 2.24) is 0 Å². The maximum Gasteiger partial charge on any atom is 0.122 e. The minimum Gasteiger partial charge on any atom is -0.496 e. The molecule has 0 saturated heterocycles. The second-order valence-electron chi connectivity index (χ2n) is 2.93. The molecule has 1 aromatic carbocycles. The number of ether oxygens (including phenoxy) is 2. The lowest BCUT2D eigenvalue weighted by atomic mass is 10.1. The van der Waals surface area contributed by atoms with E-state index in [1.165, 1.54) is 0 Å². The smallest absolute Gasteiger partial charge is 0.122 e. The van der Waals surface area contributed by atoms with Gasteiger partial charge in [0.1, 0.15) is 5.75 Å². The molecule has 0 heterocycles. The molecule has 1 radical (unpaired) electrons. The molecule has 14 heavy (non-hydrogen) atoms. The van der Waals surface area contributed by atoms with E-state index in [4.69, 9.17) is 9.47 Å². The third kappa shape index (κ3) is 3.38. The van der Waals surface area contributed by atoms with Gasteiger partial charge < -0.3 is 9.47 Å². The monoisotopic (exact) mass is 193 g/mol. The van der Waals surface area contributed by atoms with Gasteiger partial charge in [-0.05, 0) is 31.4 Å². The maximum absolute atomic E-state index is 5.26. The lowest BCUT2D eigenvalue weighted by molar-refractivity contribution is 0.150. The van der Waals surface area contributed by atoms with Crippen molar-refractivity contribution in [2.24, 2.45) is 0 Å². The van der Waals surface area contributed by atoms with E-state index in [2.05, 4.69) is 6.42 Å². The molecular weight excluding hydrogens is 176 g/mol. The number of hydrogen-bond acceptors (Lipinski definition) is 2. The van der Waals surface area contributed by atoms with Crippen LogP contribution in [0.2, 0.25) is 0 Å². The molecule has 0 N–H and O–H groups in total. The van der Waals surface area contributed by atoms with E-state index < -0.39 is 0 Å². The zero-order valence-electron chi connectivity index (χ0n) is 8.82. The van der Waals surface area contributed by atoms with Crippen molar-refractivity contribution in [1.29, 1.82) is 0 Å². The van der Waals surface area contributed by atoms with Gasteiger partial charge >= 0.3 is 0 Å². The molecule has 0 bridgehead atoms. The molecule has 0 fully saturated rings. The highest BCUT2D eigenvalue weighted by atomic mass is 16.5. The molecule has 0 unspecified atom stereocenters. The summed E-state index contributed by atoms with van der Waals surface area (Å²) in [5.74, 6) is 0.920. The zero-order chi connectivity index (χ0) is 10.2. The Balaban J connectivity index is 2.41. The van der Waals surface area contributed by atoms with Gasteiger partial charge in [0, 0.05) is 13.2 Å². The van der Waals surface area contributed by atoms with Gasteiger partial charge in [-0.2, -0.15) is 0 Å². The van der Waals surface area contributed by atoms with Crippen LogP contribution in [0.25, 0.3) is 0 Å². The molecule has 77 valence electrons. The Hall–Kier alpha value is -1.02. The summed E-state index contributed by atoms with van der Waals surface area (Å²) in [6.45, 7) is 3.55. The second kappa shape index (κ2) is 6.44. The SMILES string of the molecule is CCOCC[CH]c1ccccc1OC. The van der Waals surface area contributed by atoms with Gasteiger partial charge in [-0.15, -0.1) is 0 Å². The second-order valence-corrected chi connectivity index (χ2v) is 2.93. The van der Waals surface area contributed by atoms with E-state index in [9.17, 15) is 0 Å². The van der Waals surface area contributed by atoms with Crippen LogP contribution in [-0.2, 0) is 4.74 Å². The van der Waals surface area contributed by atoms with Crippen LogP contribution in [0.1, 0.15) is 18.9 Å². The molecule has 2 nitrogen and oxygen atoms in total. The summed E-state index contributed by atoms with van der Waals surface area (Å²) >= 11 is 0. The van der Waals surface area contributed by atoms with E-state index in [1.54, 1.807) is 7.11 Å². The number of benzene rings is 1. The molecule has 0 saturated carbocycles. The largest absolute Gasteiger partial charge is 0.496 e. The summed E-state index contributed by atoms with van der Waals surface area (Å²) in [4.78, 5) is 0. The standard InChI is InChI=1S/C12H17O2/c1-3-14-10-6-8-11-7-4-5-9-12(11)13-2/h4-5,7-9H,3,6,10H2,1-2H3. The fourth-order valence-electron chi connectivity index (χ4n) is 1.28. The minimum atomic E-state index is 0.772. The predicted molar refractivity (Wildman–Crippen MR) is 57.5 cm³/mol. The van der Waals surface area contributed by atoms with Crippen LogP contribution in [0.15, 0.2) is 24.3 Å². The highest BCUT2D eigenvalue weighted by molar-refractivity contribution is 5.38. The minimum absolute atomic E-state index is 0.772. The fraction of sp³-hybridized carbons (Fsp3) is 0.417. The molecule has 0 aromatic heterocycles. The first-order valence-corrected chi connectivity index (χ1v) is 4.92. The van der Waals surface area contributed by atoms with E-state index in [1.807, 2.05) is 31.2 Å². The van der Waals surface area contributed by atoms with Crippen molar-refractivity contribution in [3.05, 3.63) is 36.2 Å². The lowest BCUT2D eigenvalue weighted by Crippen LogP contribution is -1.96. The van der Waals surface area contributed by atoms with Crippen LogP contribution in [0.5, 0.6) is 5.75 Å². The molecule has 0 aliphatic rings. The quantitative estimate of drug-likeness (QED) is 0.647. The number of hydrogen-bond donors (Lipinski definition) is 0. The van der Waals surface area contributed by atoms with Crippen LogP contribution in [0.3, 0.4) is 0 Å². The number of para-hydroxylation sites is 1. The average molecular weight is 193 g/mol. The Labute approximate surface area is 85.8 Å². The Morgan fingerprint density at radius 2 is 2.07 bits per heavy atom. The Kier molecular flexibility index (Phi) is 5.08. The molecular formula is C12H17O2. The van der Waals surface area contributed by atoms with Gasteiger partial charge in [0.25, 0.3) is 0 Å². The van der Waals surface area contributed by atoms with E-state index in [0.717, 1.165) is 30.9 Å². The van der Waals surface area contributed by atoms with Crippen molar-refractivity contribution in [2.75, 3.05) is 20.3 Å². The van der Waals surface area contributed by atoms with Crippen molar-refractivity contribution < 1.29 is 9.47 Å². The maximum atomic E-state index is 5.26. The van der Waals surface area contributed by atoms with E-state index >= 15 is 0 Å². The highest BCUT2D eigenvalue weighted by Crippen LogP contribution is 2.19. The van der Waals surface area contributed by atoms with Crippen molar-refractivity contribution in [3.63, 3.8) is 0 Å². The van der Waals surface area contributed by atoms with Crippen molar-refractivity contribution in [3.8, 4) is 5.75 Å². The third-order valence-electron chi connectivity index (χ3n) is 1.97. The van der Waals surface area contributed by atoms with Crippen LogP contribution in [0, 0.1) is 6.42 Å². The lowest BCUT2D eigenvalue weighted by Gasteiger charge is -2.07. The Morgan fingerprint density at radius 1 is 1.29 bits per heavy atom. The first kappa shape index (κ1) is 11.1. The molecule has 1 aromatic rings. The van der Waals surface area contributed by atoms with Crippen molar-refractivity contribution in [2.45, 2.75) is 13.3 Å². The summed E-state index contributed by atoms with van der Waals surface area (Å²) in [6, 6.07) is 7.99. The van der Waals surface area contributed by atoms with Crippen molar-refractivity contribution >= 4 is 0 Å². The van der Waals surface area contributed by atoms with Crippen LogP contribution < -0.4 is 4.74 Å². The summed E-state index contributed by atoms with van der Waals surface area (Å²) in [6.07, 6.45) is 3.06. The molecule has 0 atom stereocenters. The van der Waals surface area contributed by atoms with Gasteiger partial charge in [-0.1, -0.05) is 18.2 Å². The zero-order valence-corrected chi connectivity index (χ0v) is 8.82.